The van der Waals surface area contributed by atoms with E-state index in [0.29, 0.717) is 6.61 Å². The fourth-order valence-electron chi connectivity index (χ4n) is 1.72. The number of allylic oxidation sites excluding steroid dienone is 4. The number of unbranched alkanes of at least 4 members (excludes halogenated alkanes) is 6. The summed E-state index contributed by atoms with van der Waals surface area (Å²) < 4.78 is 4.88. The van der Waals surface area contributed by atoms with Gasteiger partial charge < -0.3 is 4.74 Å². The zero-order valence-corrected chi connectivity index (χ0v) is 12.0. The molecule has 18 heavy (non-hydrogen) atoms. The van der Waals surface area contributed by atoms with Crippen LogP contribution in [0.5, 0.6) is 0 Å². The van der Waals surface area contributed by atoms with Crippen LogP contribution in [-0.2, 0) is 9.53 Å². The lowest BCUT2D eigenvalue weighted by Crippen LogP contribution is -1.99. The van der Waals surface area contributed by atoms with Crippen molar-refractivity contribution in [2.45, 2.75) is 65.2 Å². The van der Waals surface area contributed by atoms with Crippen molar-refractivity contribution in [3.63, 3.8) is 0 Å². The average Bonchev–Trinajstić information content (AvgIpc) is 2.34. The molecule has 0 aromatic heterocycles. The van der Waals surface area contributed by atoms with Crippen molar-refractivity contribution in [1.82, 2.24) is 0 Å². The quantitative estimate of drug-likeness (QED) is 0.300. The summed E-state index contributed by atoms with van der Waals surface area (Å²) in [6, 6.07) is 0. The van der Waals surface area contributed by atoms with Gasteiger partial charge in [0.25, 0.3) is 0 Å². The Morgan fingerprint density at radius 3 is 2.28 bits per heavy atom. The van der Waals surface area contributed by atoms with Gasteiger partial charge in [0.2, 0.25) is 0 Å². The summed E-state index contributed by atoms with van der Waals surface area (Å²) in [7, 11) is 0. The van der Waals surface area contributed by atoms with Gasteiger partial charge in [0.15, 0.2) is 0 Å². The Kier molecular flexibility index (Phi) is 13.2. The maximum Gasteiger partial charge on any atom is 0.302 e. The number of esters is 1. The minimum absolute atomic E-state index is 0.167. The van der Waals surface area contributed by atoms with Crippen LogP contribution in [-0.4, -0.2) is 12.6 Å². The minimum Gasteiger partial charge on any atom is -0.466 e. The average molecular weight is 252 g/mol. The zero-order valence-electron chi connectivity index (χ0n) is 12.0. The van der Waals surface area contributed by atoms with E-state index in [1.807, 2.05) is 0 Å². The Balaban J connectivity index is 3.07. The lowest BCUT2D eigenvalue weighted by Gasteiger charge is -2.01. The third-order valence-corrected chi connectivity index (χ3v) is 2.74. The van der Waals surface area contributed by atoms with Gasteiger partial charge in [-0.15, -0.1) is 0 Å². The Labute approximate surface area is 112 Å². The van der Waals surface area contributed by atoms with E-state index in [4.69, 9.17) is 4.74 Å². The summed E-state index contributed by atoms with van der Waals surface area (Å²) >= 11 is 0. The molecule has 0 N–H and O–H groups in total. The van der Waals surface area contributed by atoms with E-state index >= 15 is 0 Å². The molecular weight excluding hydrogens is 224 g/mol. The van der Waals surface area contributed by atoms with Crippen LogP contribution in [0.4, 0.5) is 0 Å². The van der Waals surface area contributed by atoms with Crippen molar-refractivity contribution in [2.75, 3.05) is 6.61 Å². The summed E-state index contributed by atoms with van der Waals surface area (Å²) in [6.07, 6.45) is 18.3. The van der Waals surface area contributed by atoms with E-state index in [9.17, 15) is 4.79 Å². The van der Waals surface area contributed by atoms with Crippen LogP contribution in [0, 0.1) is 0 Å². The van der Waals surface area contributed by atoms with Crippen molar-refractivity contribution >= 4 is 5.97 Å². The number of hydrogen-bond acceptors (Lipinski definition) is 2. The SMILES string of the molecule is C/C=C/C/C=C/CCCCCCCCOC(C)=O. The molecule has 0 aliphatic carbocycles. The molecule has 0 unspecified atom stereocenters. The molecule has 2 nitrogen and oxygen atoms in total. The van der Waals surface area contributed by atoms with Gasteiger partial charge in [-0.1, -0.05) is 50.0 Å². The van der Waals surface area contributed by atoms with E-state index in [0.717, 1.165) is 12.8 Å². The molecule has 0 aliphatic rings. The number of rotatable bonds is 11. The molecule has 104 valence electrons. The highest BCUT2D eigenvalue weighted by Gasteiger charge is 1.93. The van der Waals surface area contributed by atoms with Gasteiger partial charge in [0.05, 0.1) is 6.61 Å². The molecule has 0 aliphatic heterocycles. The third kappa shape index (κ3) is 14.9. The first-order chi connectivity index (χ1) is 8.77. The molecule has 0 spiro atoms. The molecule has 0 saturated carbocycles. The predicted octanol–water partition coefficient (Wildman–Crippen LogP) is 4.80. The van der Waals surface area contributed by atoms with Gasteiger partial charge in [-0.3, -0.25) is 4.79 Å². The fourth-order valence-corrected chi connectivity index (χ4v) is 1.72. The molecule has 0 aromatic rings. The maximum atomic E-state index is 10.5. The van der Waals surface area contributed by atoms with E-state index in [-0.39, 0.29) is 5.97 Å². The second kappa shape index (κ2) is 14.0. The Bertz CT molecular complexity index is 241. The van der Waals surface area contributed by atoms with Crippen molar-refractivity contribution < 1.29 is 9.53 Å². The molecule has 0 atom stereocenters. The summed E-state index contributed by atoms with van der Waals surface area (Å²) in [5, 5.41) is 0. The minimum atomic E-state index is -0.167. The molecule has 0 radical (unpaired) electrons. The van der Waals surface area contributed by atoms with Gasteiger partial charge in [0.1, 0.15) is 0 Å². The van der Waals surface area contributed by atoms with E-state index < -0.39 is 0 Å². The van der Waals surface area contributed by atoms with Gasteiger partial charge in [0, 0.05) is 6.92 Å². The topological polar surface area (TPSA) is 26.3 Å². The fraction of sp³-hybridized carbons (Fsp3) is 0.688. The molecule has 0 saturated heterocycles. The van der Waals surface area contributed by atoms with Crippen LogP contribution in [0.15, 0.2) is 24.3 Å². The Morgan fingerprint density at radius 1 is 0.944 bits per heavy atom. The Hall–Kier alpha value is -1.05. The second-order valence-electron chi connectivity index (χ2n) is 4.53. The highest BCUT2D eigenvalue weighted by molar-refractivity contribution is 5.65. The highest BCUT2D eigenvalue weighted by Crippen LogP contribution is 2.08. The van der Waals surface area contributed by atoms with Crippen molar-refractivity contribution in [3.8, 4) is 0 Å². The highest BCUT2D eigenvalue weighted by atomic mass is 16.5. The number of carbonyl (C=O) groups is 1. The number of carbonyl (C=O) groups excluding carboxylic acids is 1. The standard InChI is InChI=1S/C16H28O2/c1-3-4-5-6-7-8-9-10-11-12-13-14-15-18-16(2)17/h3-4,6-7H,5,8-15H2,1-2H3/b4-3+,7-6+. The van der Waals surface area contributed by atoms with Crippen LogP contribution < -0.4 is 0 Å². The van der Waals surface area contributed by atoms with Crippen molar-refractivity contribution in [3.05, 3.63) is 24.3 Å². The molecule has 2 heteroatoms. The summed E-state index contributed by atoms with van der Waals surface area (Å²) in [6.45, 7) is 4.10. The lowest BCUT2D eigenvalue weighted by molar-refractivity contribution is -0.141. The normalized spacial score (nSPS) is 11.4. The van der Waals surface area contributed by atoms with E-state index in [1.165, 1.54) is 45.4 Å². The van der Waals surface area contributed by atoms with E-state index in [1.54, 1.807) is 0 Å². The third-order valence-electron chi connectivity index (χ3n) is 2.74. The smallest absolute Gasteiger partial charge is 0.302 e. The molecule has 0 aromatic carbocycles. The number of ether oxygens (including phenoxy) is 1. The van der Waals surface area contributed by atoms with Gasteiger partial charge >= 0.3 is 5.97 Å². The van der Waals surface area contributed by atoms with Crippen LogP contribution in [0.3, 0.4) is 0 Å². The first kappa shape index (κ1) is 16.9. The predicted molar refractivity (Wildman–Crippen MR) is 77.5 cm³/mol. The molecule has 0 rings (SSSR count). The van der Waals surface area contributed by atoms with Crippen LogP contribution in [0.2, 0.25) is 0 Å². The van der Waals surface area contributed by atoms with Crippen LogP contribution in [0.1, 0.15) is 65.2 Å². The molecule has 0 fully saturated rings. The number of hydrogen-bond donors (Lipinski definition) is 0. The zero-order chi connectivity index (χ0) is 13.5. The van der Waals surface area contributed by atoms with Crippen molar-refractivity contribution in [2.24, 2.45) is 0 Å². The molecule has 0 bridgehead atoms. The molecule has 0 amide bonds. The summed E-state index contributed by atoms with van der Waals surface area (Å²) in [5.74, 6) is -0.167. The molecular formula is C16H28O2. The summed E-state index contributed by atoms with van der Waals surface area (Å²) in [4.78, 5) is 10.5. The monoisotopic (exact) mass is 252 g/mol. The van der Waals surface area contributed by atoms with Gasteiger partial charge in [-0.05, 0) is 32.6 Å². The van der Waals surface area contributed by atoms with Crippen molar-refractivity contribution in [1.29, 1.82) is 0 Å². The van der Waals surface area contributed by atoms with Crippen LogP contribution in [0.25, 0.3) is 0 Å². The first-order valence-electron chi connectivity index (χ1n) is 7.17. The largest absolute Gasteiger partial charge is 0.466 e. The van der Waals surface area contributed by atoms with Gasteiger partial charge in [-0.2, -0.15) is 0 Å². The first-order valence-corrected chi connectivity index (χ1v) is 7.17. The van der Waals surface area contributed by atoms with Gasteiger partial charge in [-0.25, -0.2) is 0 Å². The maximum absolute atomic E-state index is 10.5. The van der Waals surface area contributed by atoms with E-state index in [2.05, 4.69) is 31.2 Å². The Morgan fingerprint density at radius 2 is 1.61 bits per heavy atom. The molecule has 0 heterocycles. The second-order valence-corrected chi connectivity index (χ2v) is 4.53. The van der Waals surface area contributed by atoms with Crippen LogP contribution >= 0.6 is 0 Å². The summed E-state index contributed by atoms with van der Waals surface area (Å²) in [5.41, 5.74) is 0. The lowest BCUT2D eigenvalue weighted by atomic mass is 10.1.